The zero-order chi connectivity index (χ0) is 14.1. The summed E-state index contributed by atoms with van der Waals surface area (Å²) >= 11 is 7.78. The summed E-state index contributed by atoms with van der Waals surface area (Å²) in [6.07, 6.45) is 2.01. The summed E-state index contributed by atoms with van der Waals surface area (Å²) in [4.78, 5) is 14.6. The maximum Gasteiger partial charge on any atom is 0.255 e. The van der Waals surface area contributed by atoms with Gasteiger partial charge in [0.1, 0.15) is 5.37 Å². The molecule has 1 atom stereocenters. The first-order valence-electron chi connectivity index (χ1n) is 6.46. The van der Waals surface area contributed by atoms with Crippen molar-refractivity contribution in [1.29, 1.82) is 0 Å². The lowest BCUT2D eigenvalue weighted by atomic mass is 10.2. The van der Waals surface area contributed by atoms with E-state index in [9.17, 15) is 4.79 Å². The van der Waals surface area contributed by atoms with E-state index in [0.717, 1.165) is 18.0 Å². The molecular formula is C15H15ClN2OS. The van der Waals surface area contributed by atoms with Gasteiger partial charge in [-0.15, -0.1) is 11.8 Å². The van der Waals surface area contributed by atoms with Crippen LogP contribution in [0.4, 0.5) is 0 Å². The van der Waals surface area contributed by atoms with Gasteiger partial charge in [0.15, 0.2) is 0 Å². The molecule has 104 valence electrons. The SMILES string of the molecule is Cn1cccc1C1SCCN1C(=O)c1cccc(Cl)c1. The molecule has 1 aliphatic rings. The van der Waals surface area contributed by atoms with Crippen LogP contribution in [0.1, 0.15) is 21.4 Å². The number of hydrogen-bond donors (Lipinski definition) is 0. The molecule has 0 radical (unpaired) electrons. The largest absolute Gasteiger partial charge is 0.352 e. The Balaban J connectivity index is 1.89. The van der Waals surface area contributed by atoms with E-state index in [1.54, 1.807) is 23.9 Å². The third-order valence-corrected chi connectivity index (χ3v) is 4.93. The topological polar surface area (TPSA) is 25.2 Å². The van der Waals surface area contributed by atoms with E-state index in [-0.39, 0.29) is 11.3 Å². The number of aromatic nitrogens is 1. The molecule has 1 fully saturated rings. The first-order valence-corrected chi connectivity index (χ1v) is 7.89. The molecule has 0 N–H and O–H groups in total. The van der Waals surface area contributed by atoms with Crippen molar-refractivity contribution in [1.82, 2.24) is 9.47 Å². The van der Waals surface area contributed by atoms with Gasteiger partial charge in [0.2, 0.25) is 0 Å². The van der Waals surface area contributed by atoms with Crippen LogP contribution in [0.2, 0.25) is 5.02 Å². The highest BCUT2D eigenvalue weighted by Crippen LogP contribution is 2.38. The number of carbonyl (C=O) groups is 1. The van der Waals surface area contributed by atoms with Gasteiger partial charge >= 0.3 is 0 Å². The summed E-state index contributed by atoms with van der Waals surface area (Å²) in [5.41, 5.74) is 1.81. The standard InChI is InChI=1S/C15H15ClN2OS/c1-17-7-3-6-13(17)15-18(8-9-20-15)14(19)11-4-2-5-12(16)10-11/h2-7,10,15H,8-9H2,1H3. The molecule has 2 aromatic rings. The van der Waals surface area contributed by atoms with Crippen LogP contribution in [0.5, 0.6) is 0 Å². The number of carbonyl (C=O) groups excluding carboxylic acids is 1. The highest BCUT2D eigenvalue weighted by Gasteiger charge is 2.32. The molecule has 0 bridgehead atoms. The molecule has 0 saturated carbocycles. The Morgan fingerprint density at radius 2 is 2.20 bits per heavy atom. The Morgan fingerprint density at radius 1 is 1.35 bits per heavy atom. The highest BCUT2D eigenvalue weighted by molar-refractivity contribution is 7.99. The Kier molecular flexibility index (Phi) is 3.76. The van der Waals surface area contributed by atoms with E-state index in [1.165, 1.54) is 0 Å². The lowest BCUT2D eigenvalue weighted by Gasteiger charge is -2.24. The van der Waals surface area contributed by atoms with Crippen LogP contribution in [0.3, 0.4) is 0 Å². The van der Waals surface area contributed by atoms with Crippen LogP contribution < -0.4 is 0 Å². The minimum Gasteiger partial charge on any atom is -0.352 e. The Morgan fingerprint density at radius 3 is 2.90 bits per heavy atom. The summed E-state index contributed by atoms with van der Waals surface area (Å²) in [5.74, 6) is 1.01. The van der Waals surface area contributed by atoms with Crippen LogP contribution in [-0.4, -0.2) is 27.7 Å². The van der Waals surface area contributed by atoms with Gasteiger partial charge < -0.3 is 9.47 Å². The van der Waals surface area contributed by atoms with Gasteiger partial charge in [-0.25, -0.2) is 0 Å². The van der Waals surface area contributed by atoms with Crippen molar-refractivity contribution in [3.05, 3.63) is 58.9 Å². The molecule has 1 saturated heterocycles. The van der Waals surface area contributed by atoms with E-state index in [0.29, 0.717) is 10.6 Å². The summed E-state index contributed by atoms with van der Waals surface area (Å²) in [7, 11) is 2.01. The summed E-state index contributed by atoms with van der Waals surface area (Å²) in [5, 5.41) is 0.680. The maximum absolute atomic E-state index is 12.7. The van der Waals surface area contributed by atoms with Crippen LogP contribution >= 0.6 is 23.4 Å². The van der Waals surface area contributed by atoms with Crippen LogP contribution in [0.15, 0.2) is 42.6 Å². The predicted molar refractivity (Wildman–Crippen MR) is 83.1 cm³/mol. The molecule has 5 heteroatoms. The lowest BCUT2D eigenvalue weighted by molar-refractivity contribution is 0.0757. The molecule has 1 amide bonds. The number of rotatable bonds is 2. The lowest BCUT2D eigenvalue weighted by Crippen LogP contribution is -2.31. The number of benzene rings is 1. The number of aryl methyl sites for hydroxylation is 1. The van der Waals surface area contributed by atoms with Gasteiger partial charge in [-0.3, -0.25) is 4.79 Å². The molecule has 2 heterocycles. The average Bonchev–Trinajstić information content (AvgIpc) is 3.06. The molecule has 20 heavy (non-hydrogen) atoms. The number of amides is 1. The van der Waals surface area contributed by atoms with Gasteiger partial charge in [0.05, 0.1) is 5.69 Å². The zero-order valence-electron chi connectivity index (χ0n) is 11.1. The molecular weight excluding hydrogens is 292 g/mol. The molecule has 0 aliphatic carbocycles. The molecule has 0 spiro atoms. The first-order chi connectivity index (χ1) is 9.66. The van der Waals surface area contributed by atoms with Crippen molar-refractivity contribution in [2.45, 2.75) is 5.37 Å². The van der Waals surface area contributed by atoms with Gasteiger partial charge in [0, 0.05) is 36.1 Å². The van der Waals surface area contributed by atoms with Crippen molar-refractivity contribution in [2.24, 2.45) is 7.05 Å². The van der Waals surface area contributed by atoms with Crippen molar-refractivity contribution in [3.8, 4) is 0 Å². The van der Waals surface area contributed by atoms with Crippen molar-refractivity contribution in [2.75, 3.05) is 12.3 Å². The third kappa shape index (κ3) is 2.45. The van der Waals surface area contributed by atoms with Gasteiger partial charge in [-0.05, 0) is 30.3 Å². The first kappa shape index (κ1) is 13.6. The minimum absolute atomic E-state index is 0.0451. The Labute approximate surface area is 127 Å². The third-order valence-electron chi connectivity index (χ3n) is 3.46. The molecule has 1 unspecified atom stereocenters. The molecule has 3 nitrogen and oxygen atoms in total. The fourth-order valence-electron chi connectivity index (χ4n) is 2.44. The van der Waals surface area contributed by atoms with Crippen LogP contribution in [-0.2, 0) is 7.05 Å². The van der Waals surface area contributed by atoms with Crippen molar-refractivity contribution < 1.29 is 4.79 Å². The quantitative estimate of drug-likeness (QED) is 0.847. The zero-order valence-corrected chi connectivity index (χ0v) is 12.7. The summed E-state index contributed by atoms with van der Waals surface area (Å²) in [6, 6.07) is 11.2. The average molecular weight is 307 g/mol. The molecule has 1 aliphatic heterocycles. The predicted octanol–water partition coefficient (Wildman–Crippen LogP) is 3.57. The van der Waals surface area contributed by atoms with Crippen LogP contribution in [0, 0.1) is 0 Å². The summed E-state index contributed by atoms with van der Waals surface area (Å²) in [6.45, 7) is 0.770. The highest BCUT2D eigenvalue weighted by atomic mass is 35.5. The molecule has 1 aromatic carbocycles. The monoisotopic (exact) mass is 306 g/mol. The Bertz CT molecular complexity index is 640. The second-order valence-electron chi connectivity index (χ2n) is 4.78. The normalized spacial score (nSPS) is 18.5. The Hall–Kier alpha value is -1.39. The number of hydrogen-bond acceptors (Lipinski definition) is 2. The fourth-order valence-corrected chi connectivity index (χ4v) is 3.95. The van der Waals surface area contributed by atoms with E-state index >= 15 is 0 Å². The van der Waals surface area contributed by atoms with E-state index < -0.39 is 0 Å². The van der Waals surface area contributed by atoms with Gasteiger partial charge in [0.25, 0.3) is 5.91 Å². The van der Waals surface area contributed by atoms with Crippen LogP contribution in [0.25, 0.3) is 0 Å². The van der Waals surface area contributed by atoms with Crippen molar-refractivity contribution >= 4 is 29.3 Å². The number of halogens is 1. The maximum atomic E-state index is 12.7. The van der Waals surface area contributed by atoms with Gasteiger partial charge in [-0.2, -0.15) is 0 Å². The van der Waals surface area contributed by atoms with Gasteiger partial charge in [-0.1, -0.05) is 17.7 Å². The number of thioether (sulfide) groups is 1. The minimum atomic E-state index is 0.0451. The fraction of sp³-hybridized carbons (Fsp3) is 0.267. The van der Waals surface area contributed by atoms with E-state index in [4.69, 9.17) is 11.6 Å². The number of nitrogens with zero attached hydrogens (tertiary/aromatic N) is 2. The van der Waals surface area contributed by atoms with Crippen molar-refractivity contribution in [3.63, 3.8) is 0 Å². The molecule has 3 rings (SSSR count). The summed E-state index contributed by atoms with van der Waals surface area (Å²) < 4.78 is 2.07. The molecule has 1 aromatic heterocycles. The second kappa shape index (κ2) is 5.54. The van der Waals surface area contributed by atoms with E-state index in [2.05, 4.69) is 10.6 Å². The van der Waals surface area contributed by atoms with E-state index in [1.807, 2.05) is 36.3 Å². The second-order valence-corrected chi connectivity index (χ2v) is 6.40. The smallest absolute Gasteiger partial charge is 0.255 e.